The Kier molecular flexibility index (Phi) is 2.69. The predicted octanol–water partition coefficient (Wildman–Crippen LogP) is -0.458. The highest BCUT2D eigenvalue weighted by Gasteiger charge is 2.33. The Labute approximate surface area is 67.2 Å². The normalized spacial score (nSPS) is 43.7. The highest BCUT2D eigenvalue weighted by molar-refractivity contribution is 14.1. The van der Waals surface area contributed by atoms with E-state index >= 15 is 0 Å². The van der Waals surface area contributed by atoms with E-state index in [0.29, 0.717) is 6.61 Å². The summed E-state index contributed by atoms with van der Waals surface area (Å²) in [5.41, 5.74) is 0. The van der Waals surface area contributed by atoms with Crippen molar-refractivity contribution in [2.24, 2.45) is 0 Å². The van der Waals surface area contributed by atoms with Crippen molar-refractivity contribution < 1.29 is 14.9 Å². The molecule has 0 amide bonds. The minimum Gasteiger partial charge on any atom is -0.394 e. The van der Waals surface area contributed by atoms with Gasteiger partial charge in [-0.25, -0.2) is 0 Å². The molecule has 4 heteroatoms. The maximum Gasteiger partial charge on any atom is 0.108 e. The summed E-state index contributed by atoms with van der Waals surface area (Å²) < 4.78 is 5.16. The van der Waals surface area contributed by atoms with Gasteiger partial charge in [-0.2, -0.15) is 0 Å². The van der Waals surface area contributed by atoms with Crippen molar-refractivity contribution in [1.29, 1.82) is 0 Å². The van der Waals surface area contributed by atoms with Gasteiger partial charge in [-0.15, -0.1) is 0 Å². The van der Waals surface area contributed by atoms with Gasteiger partial charge in [-0.3, -0.25) is 0 Å². The number of hydrogen-bond acceptors (Lipinski definition) is 3. The zero-order valence-electron chi connectivity index (χ0n) is 4.83. The van der Waals surface area contributed by atoms with Crippen molar-refractivity contribution in [1.82, 2.24) is 0 Å². The van der Waals surface area contributed by atoms with Crippen LogP contribution in [0.4, 0.5) is 0 Å². The Morgan fingerprint density at radius 3 is 2.56 bits per heavy atom. The maximum absolute atomic E-state index is 9.16. The SMILES string of the molecule is OC[C@H]1OC[C@@H](I)[C@@H]1O. The summed E-state index contributed by atoms with van der Waals surface area (Å²) in [5.74, 6) is 0. The van der Waals surface area contributed by atoms with Crippen LogP contribution in [0.1, 0.15) is 0 Å². The molecule has 3 atom stereocenters. The van der Waals surface area contributed by atoms with Crippen LogP contribution in [0.15, 0.2) is 0 Å². The molecule has 0 radical (unpaired) electrons. The van der Waals surface area contributed by atoms with Gasteiger partial charge in [-0.05, 0) is 0 Å². The first-order chi connectivity index (χ1) is 4.25. The minimum absolute atomic E-state index is 0.0827. The molecule has 2 N–H and O–H groups in total. The average Bonchev–Trinajstić information content (AvgIpc) is 2.15. The van der Waals surface area contributed by atoms with E-state index in [4.69, 9.17) is 14.9 Å². The fourth-order valence-electron chi connectivity index (χ4n) is 0.806. The third-order valence-electron chi connectivity index (χ3n) is 1.40. The summed E-state index contributed by atoms with van der Waals surface area (Å²) >= 11 is 2.11. The van der Waals surface area contributed by atoms with Crippen molar-refractivity contribution in [2.75, 3.05) is 13.2 Å². The number of alkyl halides is 1. The van der Waals surface area contributed by atoms with Gasteiger partial charge in [0.05, 0.1) is 23.2 Å². The molecule has 0 aromatic heterocycles. The molecule has 3 nitrogen and oxygen atoms in total. The molecule has 54 valence electrons. The fourth-order valence-corrected chi connectivity index (χ4v) is 1.48. The Morgan fingerprint density at radius 2 is 2.33 bits per heavy atom. The number of aliphatic hydroxyl groups is 2. The van der Waals surface area contributed by atoms with Crippen molar-refractivity contribution >= 4 is 22.6 Å². The second-order valence-electron chi connectivity index (χ2n) is 2.06. The van der Waals surface area contributed by atoms with E-state index < -0.39 is 6.10 Å². The van der Waals surface area contributed by atoms with Crippen molar-refractivity contribution in [2.45, 2.75) is 16.1 Å². The summed E-state index contributed by atoms with van der Waals surface area (Å²) in [6.45, 7) is 0.466. The third-order valence-corrected chi connectivity index (χ3v) is 2.50. The van der Waals surface area contributed by atoms with Crippen LogP contribution < -0.4 is 0 Å². The van der Waals surface area contributed by atoms with Crippen LogP contribution in [0.2, 0.25) is 0 Å². The molecule has 1 heterocycles. The maximum atomic E-state index is 9.16. The smallest absolute Gasteiger partial charge is 0.108 e. The summed E-state index contributed by atoms with van der Waals surface area (Å²) in [6, 6.07) is 0. The summed E-state index contributed by atoms with van der Waals surface area (Å²) in [4.78, 5) is 0. The third kappa shape index (κ3) is 1.54. The molecule has 1 aliphatic heterocycles. The van der Waals surface area contributed by atoms with Crippen LogP contribution in [0.25, 0.3) is 0 Å². The van der Waals surface area contributed by atoms with Crippen LogP contribution in [0.3, 0.4) is 0 Å². The zero-order chi connectivity index (χ0) is 6.85. The molecule has 0 spiro atoms. The Balaban J connectivity index is 2.41. The van der Waals surface area contributed by atoms with E-state index in [1.807, 2.05) is 0 Å². The molecule has 1 saturated heterocycles. The largest absolute Gasteiger partial charge is 0.394 e. The first-order valence-electron chi connectivity index (χ1n) is 2.80. The number of ether oxygens (including phenoxy) is 1. The van der Waals surface area contributed by atoms with Crippen LogP contribution in [0, 0.1) is 0 Å². The molecule has 1 fully saturated rings. The Bertz CT molecular complexity index is 98.2. The van der Waals surface area contributed by atoms with Crippen molar-refractivity contribution in [3.63, 3.8) is 0 Å². The van der Waals surface area contributed by atoms with Crippen LogP contribution in [-0.4, -0.2) is 39.6 Å². The molecule has 0 aromatic carbocycles. The van der Waals surface area contributed by atoms with E-state index in [2.05, 4.69) is 22.6 Å². The quantitative estimate of drug-likeness (QED) is 0.485. The fraction of sp³-hybridized carbons (Fsp3) is 1.00. The lowest BCUT2D eigenvalue weighted by atomic mass is 10.2. The van der Waals surface area contributed by atoms with E-state index in [1.165, 1.54) is 0 Å². The topological polar surface area (TPSA) is 49.7 Å². The van der Waals surface area contributed by atoms with Gasteiger partial charge in [-0.1, -0.05) is 22.6 Å². The second-order valence-corrected chi connectivity index (χ2v) is 3.66. The molecular weight excluding hydrogens is 235 g/mol. The van der Waals surface area contributed by atoms with Crippen LogP contribution in [-0.2, 0) is 4.74 Å². The lowest BCUT2D eigenvalue weighted by Gasteiger charge is -2.10. The molecule has 1 rings (SSSR count). The Morgan fingerprint density at radius 1 is 1.67 bits per heavy atom. The molecule has 0 aliphatic carbocycles. The van der Waals surface area contributed by atoms with Gasteiger partial charge < -0.3 is 14.9 Å². The monoisotopic (exact) mass is 244 g/mol. The van der Waals surface area contributed by atoms with Gasteiger partial charge >= 0.3 is 0 Å². The number of hydrogen-bond donors (Lipinski definition) is 2. The molecule has 0 unspecified atom stereocenters. The predicted molar refractivity (Wildman–Crippen MR) is 40.6 cm³/mol. The number of aliphatic hydroxyl groups excluding tert-OH is 2. The number of halogens is 1. The minimum atomic E-state index is -0.490. The van der Waals surface area contributed by atoms with E-state index in [0.717, 1.165) is 0 Å². The standard InChI is InChI=1S/C5H9IO3/c6-3-2-9-4(1-7)5(3)8/h3-5,7-8H,1-2H2/t3-,4-,5+/m1/s1. The molecular formula is C5H9IO3. The highest BCUT2D eigenvalue weighted by atomic mass is 127. The molecule has 9 heavy (non-hydrogen) atoms. The first kappa shape index (κ1) is 7.71. The molecule has 1 aliphatic rings. The van der Waals surface area contributed by atoms with Gasteiger partial charge in [0, 0.05) is 0 Å². The molecule has 0 aromatic rings. The second kappa shape index (κ2) is 3.14. The molecule has 0 saturated carbocycles. The first-order valence-corrected chi connectivity index (χ1v) is 4.05. The van der Waals surface area contributed by atoms with Gasteiger partial charge in [0.15, 0.2) is 0 Å². The van der Waals surface area contributed by atoms with Crippen molar-refractivity contribution in [3.05, 3.63) is 0 Å². The lowest BCUT2D eigenvalue weighted by molar-refractivity contribution is 0.00443. The van der Waals surface area contributed by atoms with Gasteiger partial charge in [0.2, 0.25) is 0 Å². The van der Waals surface area contributed by atoms with Crippen molar-refractivity contribution in [3.8, 4) is 0 Å². The average molecular weight is 244 g/mol. The zero-order valence-corrected chi connectivity index (χ0v) is 6.98. The van der Waals surface area contributed by atoms with E-state index in [-0.39, 0.29) is 16.6 Å². The van der Waals surface area contributed by atoms with E-state index in [1.54, 1.807) is 0 Å². The lowest BCUT2D eigenvalue weighted by Crippen LogP contribution is -2.29. The highest BCUT2D eigenvalue weighted by Crippen LogP contribution is 2.20. The number of rotatable bonds is 1. The summed E-state index contributed by atoms with van der Waals surface area (Å²) in [6.07, 6.45) is -0.845. The van der Waals surface area contributed by atoms with Crippen LogP contribution in [0.5, 0.6) is 0 Å². The molecule has 0 bridgehead atoms. The summed E-state index contributed by atoms with van der Waals surface area (Å²) in [5, 5.41) is 17.7. The van der Waals surface area contributed by atoms with E-state index in [9.17, 15) is 0 Å². The Hall–Kier alpha value is 0.610. The van der Waals surface area contributed by atoms with Gasteiger partial charge in [0.25, 0.3) is 0 Å². The summed E-state index contributed by atoms with van der Waals surface area (Å²) in [7, 11) is 0. The van der Waals surface area contributed by atoms with Crippen LogP contribution >= 0.6 is 22.6 Å². The van der Waals surface area contributed by atoms with Gasteiger partial charge in [0.1, 0.15) is 6.10 Å².